The summed E-state index contributed by atoms with van der Waals surface area (Å²) < 4.78 is 0. The van der Waals surface area contributed by atoms with Crippen LogP contribution in [-0.2, 0) is 6.54 Å². The Labute approximate surface area is 165 Å². The van der Waals surface area contributed by atoms with Gasteiger partial charge in [-0.15, -0.1) is 11.3 Å². The molecule has 0 aromatic carbocycles. The smallest absolute Gasteiger partial charge is 0.127 e. The van der Waals surface area contributed by atoms with Crippen LogP contribution in [0.2, 0.25) is 0 Å². The number of aryl methyl sites for hydroxylation is 1. The minimum atomic E-state index is -0.666. The fourth-order valence-electron chi connectivity index (χ4n) is 4.46. The third kappa shape index (κ3) is 4.19. The Morgan fingerprint density at radius 2 is 1.89 bits per heavy atom. The summed E-state index contributed by atoms with van der Waals surface area (Å²) >= 11 is 1.84. The van der Waals surface area contributed by atoms with Crippen LogP contribution in [0.25, 0.3) is 10.2 Å². The maximum absolute atomic E-state index is 9.99. The molecule has 1 saturated carbocycles. The molecule has 2 fully saturated rings. The number of aromatic nitrogens is 2. The number of piperidine rings is 1. The second-order valence-corrected chi connectivity index (χ2v) is 10.2. The van der Waals surface area contributed by atoms with E-state index in [1.54, 1.807) is 0 Å². The predicted molar refractivity (Wildman–Crippen MR) is 109 cm³/mol. The van der Waals surface area contributed by atoms with Crippen molar-refractivity contribution in [3.05, 3.63) is 22.5 Å². The zero-order valence-electron chi connectivity index (χ0n) is 16.6. The van der Waals surface area contributed by atoms with E-state index in [1.165, 1.54) is 35.9 Å². The molecule has 2 atom stereocenters. The van der Waals surface area contributed by atoms with Crippen molar-refractivity contribution in [2.75, 3.05) is 13.1 Å². The summed E-state index contributed by atoms with van der Waals surface area (Å²) in [5.41, 5.74) is 1.54. The van der Waals surface area contributed by atoms with Gasteiger partial charge in [0.2, 0.25) is 0 Å². The first-order valence-corrected chi connectivity index (χ1v) is 11.0. The van der Waals surface area contributed by atoms with E-state index in [1.807, 2.05) is 18.3 Å². The second kappa shape index (κ2) is 7.39. The predicted octanol–water partition coefficient (Wildman–Crippen LogP) is 3.61. The summed E-state index contributed by atoms with van der Waals surface area (Å²) in [6.07, 6.45) is 4.45. The Morgan fingerprint density at radius 1 is 1.15 bits per heavy atom. The van der Waals surface area contributed by atoms with Crippen molar-refractivity contribution in [3.63, 3.8) is 0 Å². The van der Waals surface area contributed by atoms with E-state index >= 15 is 0 Å². The van der Waals surface area contributed by atoms with Gasteiger partial charge in [-0.05, 0) is 56.4 Å². The number of fused-ring (bicyclic) bond motifs is 1. The highest BCUT2D eigenvalue weighted by Crippen LogP contribution is 2.45. The van der Waals surface area contributed by atoms with Crippen molar-refractivity contribution in [3.8, 4) is 0 Å². The van der Waals surface area contributed by atoms with Crippen molar-refractivity contribution in [1.29, 1.82) is 0 Å². The number of likely N-dealkylation sites (tertiary alicyclic amines) is 1. The number of nitrogens with zero attached hydrogens (tertiary/aromatic N) is 3. The van der Waals surface area contributed by atoms with Gasteiger partial charge in [-0.3, -0.25) is 4.90 Å². The van der Waals surface area contributed by atoms with Crippen LogP contribution in [0.5, 0.6) is 0 Å². The summed E-state index contributed by atoms with van der Waals surface area (Å²) in [5.74, 6) is 1.46. The quantitative estimate of drug-likeness (QED) is 0.839. The van der Waals surface area contributed by atoms with Crippen LogP contribution >= 0.6 is 11.3 Å². The Morgan fingerprint density at radius 3 is 2.59 bits per heavy atom. The van der Waals surface area contributed by atoms with Gasteiger partial charge in [-0.2, -0.15) is 0 Å². The molecule has 27 heavy (non-hydrogen) atoms. The van der Waals surface area contributed by atoms with Gasteiger partial charge in [0.1, 0.15) is 10.7 Å². The summed E-state index contributed by atoms with van der Waals surface area (Å²) in [5, 5.41) is 20.9. The maximum atomic E-state index is 9.99. The van der Waals surface area contributed by atoms with E-state index in [-0.39, 0.29) is 0 Å². The zero-order chi connectivity index (χ0) is 19.2. The highest BCUT2D eigenvalue weighted by Gasteiger charge is 2.30. The molecule has 0 unspecified atom stereocenters. The molecule has 0 radical (unpaired) electrons. The molecule has 1 aliphatic heterocycles. The van der Waals surface area contributed by atoms with E-state index in [0.717, 1.165) is 22.9 Å². The van der Waals surface area contributed by atoms with E-state index in [4.69, 9.17) is 9.97 Å². The first-order chi connectivity index (χ1) is 12.8. The number of hydrogen-bond acceptors (Lipinski definition) is 6. The average Bonchev–Trinajstić information content (AvgIpc) is 3.02. The van der Waals surface area contributed by atoms with Gasteiger partial charge < -0.3 is 10.2 Å². The van der Waals surface area contributed by atoms with Crippen molar-refractivity contribution < 1.29 is 10.2 Å². The van der Waals surface area contributed by atoms with Gasteiger partial charge in [-0.25, -0.2) is 9.97 Å². The van der Waals surface area contributed by atoms with Crippen molar-refractivity contribution >= 4 is 21.6 Å². The molecule has 0 bridgehead atoms. The van der Waals surface area contributed by atoms with Gasteiger partial charge in [0.15, 0.2) is 0 Å². The van der Waals surface area contributed by atoms with Crippen LogP contribution in [0, 0.1) is 12.3 Å². The molecule has 4 rings (SSSR count). The van der Waals surface area contributed by atoms with E-state index < -0.39 is 12.2 Å². The lowest BCUT2D eigenvalue weighted by Gasteiger charge is -2.33. The van der Waals surface area contributed by atoms with Gasteiger partial charge in [-0.1, -0.05) is 13.8 Å². The third-order valence-electron chi connectivity index (χ3n) is 6.35. The SMILES string of the molecule is Cc1nc(CN2CC[C@@H](O)[C@@H](O)C2)c2cc(C3CCC(C)(C)CC3)sc2n1. The first-order valence-electron chi connectivity index (χ1n) is 10.2. The number of rotatable bonds is 3. The molecule has 1 aliphatic carbocycles. The summed E-state index contributed by atoms with van der Waals surface area (Å²) in [6.45, 7) is 8.71. The molecule has 1 saturated heterocycles. The van der Waals surface area contributed by atoms with Gasteiger partial charge in [0.25, 0.3) is 0 Å². The number of aliphatic hydroxyl groups is 2. The van der Waals surface area contributed by atoms with Crippen molar-refractivity contribution in [2.45, 2.75) is 77.5 Å². The zero-order valence-corrected chi connectivity index (χ0v) is 17.4. The van der Waals surface area contributed by atoms with Crippen molar-refractivity contribution in [2.24, 2.45) is 5.41 Å². The van der Waals surface area contributed by atoms with Crippen LogP contribution in [0.15, 0.2) is 6.07 Å². The molecule has 2 N–H and O–H groups in total. The topological polar surface area (TPSA) is 69.5 Å². The van der Waals surface area contributed by atoms with Crippen LogP contribution in [0.1, 0.15) is 68.3 Å². The molecule has 148 valence electrons. The van der Waals surface area contributed by atoms with Crippen molar-refractivity contribution in [1.82, 2.24) is 14.9 Å². The number of thiophene rings is 1. The Hall–Kier alpha value is -1.08. The van der Waals surface area contributed by atoms with E-state index in [9.17, 15) is 10.2 Å². The van der Waals surface area contributed by atoms with Gasteiger partial charge in [0, 0.05) is 29.9 Å². The molecule has 2 aromatic heterocycles. The summed E-state index contributed by atoms with van der Waals surface area (Å²) in [7, 11) is 0. The molecule has 2 aliphatic rings. The lowest BCUT2D eigenvalue weighted by atomic mass is 9.73. The minimum absolute atomic E-state index is 0.481. The van der Waals surface area contributed by atoms with Crippen LogP contribution in [0.3, 0.4) is 0 Å². The lowest BCUT2D eigenvalue weighted by molar-refractivity contribution is -0.0405. The minimum Gasteiger partial charge on any atom is -0.390 e. The van der Waals surface area contributed by atoms with Crippen LogP contribution < -0.4 is 0 Å². The second-order valence-electron chi connectivity index (χ2n) is 9.18. The maximum Gasteiger partial charge on any atom is 0.127 e. The number of β-amino-alcohol motifs (C(OH)–C–C–N with tert-alkyl or cyclic N) is 1. The Kier molecular flexibility index (Phi) is 5.27. The van der Waals surface area contributed by atoms with Crippen LogP contribution in [-0.4, -0.2) is 50.4 Å². The number of aliphatic hydroxyl groups excluding tert-OH is 2. The van der Waals surface area contributed by atoms with Crippen LogP contribution in [0.4, 0.5) is 0 Å². The molecular formula is C21H31N3O2S. The largest absolute Gasteiger partial charge is 0.390 e. The monoisotopic (exact) mass is 389 g/mol. The third-order valence-corrected chi connectivity index (χ3v) is 7.54. The fraction of sp³-hybridized carbons (Fsp3) is 0.714. The standard InChI is InChI=1S/C21H31N3O2S/c1-13-22-16(11-24-9-6-17(25)18(26)12-24)15-10-19(27-20(15)23-13)14-4-7-21(2,3)8-5-14/h10,14,17-18,25-26H,4-9,11-12H2,1-3H3/t17-,18+/m1/s1. The molecule has 0 spiro atoms. The molecular weight excluding hydrogens is 358 g/mol. The average molecular weight is 390 g/mol. The normalized spacial score (nSPS) is 27.3. The Balaban J connectivity index is 1.57. The molecule has 2 aromatic rings. The molecule has 3 heterocycles. The molecule has 6 heteroatoms. The van der Waals surface area contributed by atoms with Gasteiger partial charge >= 0.3 is 0 Å². The lowest BCUT2D eigenvalue weighted by Crippen LogP contribution is -2.46. The molecule has 5 nitrogen and oxygen atoms in total. The highest BCUT2D eigenvalue weighted by atomic mass is 32.1. The summed E-state index contributed by atoms with van der Waals surface area (Å²) in [6, 6.07) is 2.33. The highest BCUT2D eigenvalue weighted by molar-refractivity contribution is 7.18. The molecule has 0 amide bonds. The van der Waals surface area contributed by atoms with E-state index in [0.29, 0.717) is 30.8 Å². The van der Waals surface area contributed by atoms with E-state index in [2.05, 4.69) is 24.8 Å². The number of hydrogen-bond donors (Lipinski definition) is 2. The fourth-order valence-corrected chi connectivity index (χ4v) is 5.73. The first kappa shape index (κ1) is 19.2. The Bertz CT molecular complexity index is 809. The summed E-state index contributed by atoms with van der Waals surface area (Å²) in [4.78, 5) is 14.2. The van der Waals surface area contributed by atoms with Gasteiger partial charge in [0.05, 0.1) is 17.9 Å².